The maximum atomic E-state index is 12.6. The zero-order valence-corrected chi connectivity index (χ0v) is 17.7. The summed E-state index contributed by atoms with van der Waals surface area (Å²) in [5.41, 5.74) is 0. The number of piperazine rings is 1. The fourth-order valence-corrected chi connectivity index (χ4v) is 3.67. The van der Waals surface area contributed by atoms with Crippen molar-refractivity contribution in [2.75, 3.05) is 45.9 Å². The summed E-state index contributed by atoms with van der Waals surface area (Å²) in [7, 11) is 0. The van der Waals surface area contributed by atoms with Gasteiger partial charge >= 0.3 is 0 Å². The number of guanidine groups is 1. The van der Waals surface area contributed by atoms with Crippen LogP contribution in [0.2, 0.25) is 0 Å². The Labute approximate surface area is 174 Å². The highest BCUT2D eigenvalue weighted by Crippen LogP contribution is 2.16. The molecule has 2 aliphatic rings. The molecule has 7 nitrogen and oxygen atoms in total. The van der Waals surface area contributed by atoms with Crippen molar-refractivity contribution < 1.29 is 14.3 Å². The molecule has 2 unspecified atom stereocenters. The molecule has 0 aliphatic carbocycles. The van der Waals surface area contributed by atoms with Crippen molar-refractivity contribution in [3.8, 4) is 5.75 Å². The quantitative estimate of drug-likeness (QED) is 0.559. The van der Waals surface area contributed by atoms with Crippen molar-refractivity contribution in [2.45, 2.75) is 45.3 Å². The number of hydrogen-bond donors (Lipinski definition) is 1. The molecular weight excluding hydrogens is 368 g/mol. The van der Waals surface area contributed by atoms with Crippen molar-refractivity contribution in [2.24, 2.45) is 4.99 Å². The predicted octanol–water partition coefficient (Wildman–Crippen LogP) is 2.13. The second-order valence-corrected chi connectivity index (χ2v) is 7.47. The van der Waals surface area contributed by atoms with Gasteiger partial charge in [0, 0.05) is 39.3 Å². The summed E-state index contributed by atoms with van der Waals surface area (Å²) in [5.74, 6) is 1.92. The third-order valence-electron chi connectivity index (χ3n) is 5.38. The van der Waals surface area contributed by atoms with Gasteiger partial charge in [0.25, 0.3) is 5.91 Å². The second-order valence-electron chi connectivity index (χ2n) is 7.47. The van der Waals surface area contributed by atoms with Crippen molar-refractivity contribution in [3.05, 3.63) is 30.3 Å². The Bertz CT molecular complexity index is 653. The van der Waals surface area contributed by atoms with E-state index in [1.807, 2.05) is 35.2 Å². The van der Waals surface area contributed by atoms with Crippen LogP contribution < -0.4 is 10.1 Å². The first kappa shape index (κ1) is 21.4. The van der Waals surface area contributed by atoms with E-state index in [0.717, 1.165) is 50.6 Å². The number of carbonyl (C=O) groups excluding carboxylic acids is 1. The Balaban J connectivity index is 1.54. The van der Waals surface area contributed by atoms with Crippen LogP contribution in [0.4, 0.5) is 0 Å². The van der Waals surface area contributed by atoms with Gasteiger partial charge in [0.05, 0.1) is 6.54 Å². The normalized spacial score (nSPS) is 21.2. The zero-order chi connectivity index (χ0) is 20.5. The molecule has 29 heavy (non-hydrogen) atoms. The predicted molar refractivity (Wildman–Crippen MR) is 114 cm³/mol. The minimum atomic E-state index is -0.232. The second kappa shape index (κ2) is 11.0. The molecule has 2 aliphatic heterocycles. The lowest BCUT2D eigenvalue weighted by atomic mass is 10.2. The molecule has 1 aromatic carbocycles. The number of para-hydroxylation sites is 1. The summed E-state index contributed by atoms with van der Waals surface area (Å²) in [6.07, 6.45) is 2.53. The number of aliphatic imine (C=N–C) groups is 1. The summed E-state index contributed by atoms with van der Waals surface area (Å²) in [6.45, 7) is 9.28. The first-order chi connectivity index (χ1) is 14.2. The van der Waals surface area contributed by atoms with Gasteiger partial charge < -0.3 is 24.6 Å². The van der Waals surface area contributed by atoms with Gasteiger partial charge in [-0.2, -0.15) is 0 Å². The molecule has 2 heterocycles. The molecule has 2 fully saturated rings. The van der Waals surface area contributed by atoms with Crippen LogP contribution in [0.15, 0.2) is 35.3 Å². The Morgan fingerprint density at radius 2 is 1.93 bits per heavy atom. The SMILES string of the molecule is CCNC(=NCC(CC)Oc1ccccc1)N1CCN(C(=O)C2CCCO2)CC1. The fraction of sp³-hybridized carbons (Fsp3) is 0.636. The van der Waals surface area contributed by atoms with Crippen LogP contribution in [0.3, 0.4) is 0 Å². The smallest absolute Gasteiger partial charge is 0.251 e. The van der Waals surface area contributed by atoms with Crippen LogP contribution in [0, 0.1) is 0 Å². The number of hydrogen-bond acceptors (Lipinski definition) is 4. The van der Waals surface area contributed by atoms with Gasteiger partial charge in [-0.3, -0.25) is 4.79 Å². The summed E-state index contributed by atoms with van der Waals surface area (Å²) in [6, 6.07) is 9.89. The van der Waals surface area contributed by atoms with Crippen molar-refractivity contribution in [1.29, 1.82) is 0 Å². The lowest BCUT2D eigenvalue weighted by molar-refractivity contribution is -0.142. The number of amides is 1. The summed E-state index contributed by atoms with van der Waals surface area (Å²) in [5, 5.41) is 3.39. The minimum absolute atomic E-state index is 0.0356. The van der Waals surface area contributed by atoms with E-state index in [1.54, 1.807) is 0 Å². The molecule has 3 rings (SSSR count). The molecule has 0 bridgehead atoms. The Hall–Kier alpha value is -2.28. The van der Waals surface area contributed by atoms with Gasteiger partial charge in [-0.15, -0.1) is 0 Å². The van der Waals surface area contributed by atoms with Gasteiger partial charge in [0.1, 0.15) is 18.0 Å². The molecule has 0 aromatic heterocycles. The summed E-state index contributed by atoms with van der Waals surface area (Å²) < 4.78 is 11.6. The Kier molecular flexibility index (Phi) is 8.16. The number of nitrogens with one attached hydrogen (secondary N) is 1. The molecule has 1 aromatic rings. The van der Waals surface area contributed by atoms with E-state index in [-0.39, 0.29) is 18.1 Å². The number of benzene rings is 1. The number of rotatable bonds is 7. The largest absolute Gasteiger partial charge is 0.489 e. The van der Waals surface area contributed by atoms with Gasteiger partial charge in [0.2, 0.25) is 0 Å². The fourth-order valence-electron chi connectivity index (χ4n) is 3.67. The molecule has 1 N–H and O–H groups in total. The zero-order valence-electron chi connectivity index (χ0n) is 17.7. The average Bonchev–Trinajstić information content (AvgIpc) is 3.31. The van der Waals surface area contributed by atoms with Crippen LogP contribution in [0.1, 0.15) is 33.1 Å². The molecule has 2 atom stereocenters. The van der Waals surface area contributed by atoms with E-state index >= 15 is 0 Å². The molecule has 1 amide bonds. The monoisotopic (exact) mass is 402 g/mol. The number of carbonyl (C=O) groups is 1. The van der Waals surface area contributed by atoms with E-state index < -0.39 is 0 Å². The molecular formula is C22H34N4O3. The third-order valence-corrected chi connectivity index (χ3v) is 5.38. The molecule has 2 saturated heterocycles. The summed E-state index contributed by atoms with van der Waals surface area (Å²) >= 11 is 0. The number of ether oxygens (including phenoxy) is 2. The first-order valence-electron chi connectivity index (χ1n) is 10.9. The minimum Gasteiger partial charge on any atom is -0.489 e. The van der Waals surface area contributed by atoms with Gasteiger partial charge in [0.15, 0.2) is 5.96 Å². The maximum Gasteiger partial charge on any atom is 0.251 e. The molecule has 0 radical (unpaired) electrons. The van der Waals surface area contributed by atoms with E-state index in [2.05, 4.69) is 24.1 Å². The van der Waals surface area contributed by atoms with Gasteiger partial charge in [-0.05, 0) is 38.3 Å². The van der Waals surface area contributed by atoms with E-state index in [4.69, 9.17) is 14.5 Å². The molecule has 0 spiro atoms. The Morgan fingerprint density at radius 3 is 2.55 bits per heavy atom. The highest BCUT2D eigenvalue weighted by Gasteiger charge is 2.30. The van der Waals surface area contributed by atoms with Crippen LogP contribution in [-0.4, -0.2) is 79.7 Å². The van der Waals surface area contributed by atoms with Crippen molar-refractivity contribution in [3.63, 3.8) is 0 Å². The summed E-state index contributed by atoms with van der Waals surface area (Å²) in [4.78, 5) is 21.5. The van der Waals surface area contributed by atoms with Crippen LogP contribution in [0.25, 0.3) is 0 Å². The van der Waals surface area contributed by atoms with E-state index in [1.165, 1.54) is 0 Å². The Morgan fingerprint density at radius 1 is 1.21 bits per heavy atom. The average molecular weight is 403 g/mol. The van der Waals surface area contributed by atoms with Crippen LogP contribution in [0.5, 0.6) is 5.75 Å². The standard InChI is InChI=1S/C22H34N4O3/c1-3-18(29-19-9-6-5-7-10-19)17-24-22(23-4-2)26-14-12-25(13-15-26)21(27)20-11-8-16-28-20/h5-7,9-10,18,20H,3-4,8,11-17H2,1-2H3,(H,23,24). The van der Waals surface area contributed by atoms with Crippen molar-refractivity contribution in [1.82, 2.24) is 15.1 Å². The number of nitrogens with zero attached hydrogens (tertiary/aromatic N) is 3. The third kappa shape index (κ3) is 6.10. The van der Waals surface area contributed by atoms with Gasteiger partial charge in [-0.25, -0.2) is 4.99 Å². The molecule has 7 heteroatoms. The highest BCUT2D eigenvalue weighted by atomic mass is 16.5. The first-order valence-corrected chi connectivity index (χ1v) is 10.9. The lowest BCUT2D eigenvalue weighted by Crippen LogP contribution is -2.55. The molecule has 0 saturated carbocycles. The van der Waals surface area contributed by atoms with Crippen LogP contribution >= 0.6 is 0 Å². The van der Waals surface area contributed by atoms with E-state index in [0.29, 0.717) is 26.2 Å². The topological polar surface area (TPSA) is 66.4 Å². The van der Waals surface area contributed by atoms with E-state index in [9.17, 15) is 4.79 Å². The lowest BCUT2D eigenvalue weighted by Gasteiger charge is -2.37. The van der Waals surface area contributed by atoms with Crippen LogP contribution in [-0.2, 0) is 9.53 Å². The highest BCUT2D eigenvalue weighted by molar-refractivity contribution is 5.82. The maximum absolute atomic E-state index is 12.6. The molecule has 160 valence electrons. The van der Waals surface area contributed by atoms with Gasteiger partial charge in [-0.1, -0.05) is 25.1 Å². The van der Waals surface area contributed by atoms with Crippen molar-refractivity contribution >= 4 is 11.9 Å².